The van der Waals surface area contributed by atoms with Crippen molar-refractivity contribution in [2.75, 3.05) is 7.11 Å². The number of ether oxygens (including phenoxy) is 1. The van der Waals surface area contributed by atoms with E-state index in [4.69, 9.17) is 10.5 Å². The molecule has 102 valence electrons. The average molecular weight is 260 g/mol. The van der Waals surface area contributed by atoms with E-state index in [2.05, 4.69) is 10.1 Å². The smallest absolute Gasteiger partial charge is 0.128 e. The normalized spacial score (nSPS) is 12.5. The van der Waals surface area contributed by atoms with Crippen molar-refractivity contribution in [1.82, 2.24) is 14.8 Å². The summed E-state index contributed by atoms with van der Waals surface area (Å²) in [6.45, 7) is 6.57. The first-order valence-electron chi connectivity index (χ1n) is 6.30. The van der Waals surface area contributed by atoms with Crippen molar-refractivity contribution < 1.29 is 4.74 Å². The summed E-state index contributed by atoms with van der Waals surface area (Å²) in [4.78, 5) is 4.46. The zero-order chi connectivity index (χ0) is 14.0. The molecule has 0 aliphatic carbocycles. The molecular formula is C14H20N4O. The lowest BCUT2D eigenvalue weighted by Crippen LogP contribution is -2.07. The van der Waals surface area contributed by atoms with E-state index in [-0.39, 0.29) is 6.04 Å². The molecule has 0 saturated heterocycles. The van der Waals surface area contributed by atoms with Crippen molar-refractivity contribution >= 4 is 0 Å². The first kappa shape index (κ1) is 13.5. The minimum absolute atomic E-state index is 0.00430. The molecule has 0 saturated carbocycles. The lowest BCUT2D eigenvalue weighted by atomic mass is 10.1. The van der Waals surface area contributed by atoms with Crippen LogP contribution in [0.2, 0.25) is 0 Å². The van der Waals surface area contributed by atoms with Crippen LogP contribution in [0.25, 0.3) is 0 Å². The van der Waals surface area contributed by atoms with Gasteiger partial charge in [-0.3, -0.25) is 9.67 Å². The Morgan fingerprint density at radius 2 is 2.11 bits per heavy atom. The molecule has 2 N–H and O–H groups in total. The zero-order valence-electron chi connectivity index (χ0n) is 11.8. The van der Waals surface area contributed by atoms with E-state index in [9.17, 15) is 0 Å². The summed E-state index contributed by atoms with van der Waals surface area (Å²) in [5, 5.41) is 4.31. The van der Waals surface area contributed by atoms with E-state index in [1.807, 2.05) is 37.8 Å². The first-order chi connectivity index (χ1) is 9.02. The van der Waals surface area contributed by atoms with Gasteiger partial charge in [-0.15, -0.1) is 0 Å². The molecule has 5 nitrogen and oxygen atoms in total. The second-order valence-corrected chi connectivity index (χ2v) is 4.81. The Morgan fingerprint density at radius 3 is 2.68 bits per heavy atom. The van der Waals surface area contributed by atoms with Gasteiger partial charge in [-0.1, -0.05) is 0 Å². The third kappa shape index (κ3) is 2.76. The minimum Gasteiger partial charge on any atom is -0.496 e. The molecule has 2 aromatic heterocycles. The van der Waals surface area contributed by atoms with Gasteiger partial charge < -0.3 is 10.5 Å². The maximum atomic E-state index is 5.83. The highest BCUT2D eigenvalue weighted by Gasteiger charge is 2.11. The van der Waals surface area contributed by atoms with Crippen molar-refractivity contribution in [2.45, 2.75) is 33.4 Å². The molecule has 19 heavy (non-hydrogen) atoms. The number of hydrogen-bond donors (Lipinski definition) is 1. The Balaban J connectivity index is 2.28. The zero-order valence-corrected chi connectivity index (χ0v) is 11.8. The molecule has 1 unspecified atom stereocenters. The molecule has 0 aliphatic rings. The Kier molecular flexibility index (Phi) is 3.85. The van der Waals surface area contributed by atoms with Gasteiger partial charge in [-0.25, -0.2) is 0 Å². The van der Waals surface area contributed by atoms with Gasteiger partial charge in [0.15, 0.2) is 0 Å². The fraction of sp³-hybridized carbons (Fsp3) is 0.429. The monoisotopic (exact) mass is 260 g/mol. The molecule has 2 rings (SSSR count). The largest absolute Gasteiger partial charge is 0.496 e. The molecule has 2 heterocycles. The highest BCUT2D eigenvalue weighted by atomic mass is 16.5. The van der Waals surface area contributed by atoms with Gasteiger partial charge in [0.05, 0.1) is 25.5 Å². The number of nitrogens with two attached hydrogens (primary N) is 1. The Labute approximate surface area is 113 Å². The van der Waals surface area contributed by atoms with Crippen LogP contribution >= 0.6 is 0 Å². The maximum absolute atomic E-state index is 5.83. The summed E-state index contributed by atoms with van der Waals surface area (Å²) >= 11 is 0. The van der Waals surface area contributed by atoms with Crippen LogP contribution in [0.4, 0.5) is 0 Å². The molecule has 0 amide bonds. The van der Waals surface area contributed by atoms with Gasteiger partial charge in [-0.2, -0.15) is 5.10 Å². The Morgan fingerprint density at radius 1 is 1.37 bits per heavy atom. The predicted molar refractivity (Wildman–Crippen MR) is 74.2 cm³/mol. The lowest BCUT2D eigenvalue weighted by Gasteiger charge is -2.12. The second-order valence-electron chi connectivity index (χ2n) is 4.81. The van der Waals surface area contributed by atoms with Crippen LogP contribution < -0.4 is 10.5 Å². The van der Waals surface area contributed by atoms with Crippen molar-refractivity contribution in [3.05, 3.63) is 41.0 Å². The third-order valence-corrected chi connectivity index (χ3v) is 3.24. The number of pyridine rings is 1. The maximum Gasteiger partial charge on any atom is 0.128 e. The lowest BCUT2D eigenvalue weighted by molar-refractivity contribution is 0.406. The number of aromatic nitrogens is 3. The predicted octanol–water partition coefficient (Wildman–Crippen LogP) is 1.97. The van der Waals surface area contributed by atoms with Crippen LogP contribution in [0, 0.1) is 13.8 Å². The van der Waals surface area contributed by atoms with E-state index in [0.29, 0.717) is 6.54 Å². The Hall–Kier alpha value is -1.88. The van der Waals surface area contributed by atoms with Gasteiger partial charge in [0.1, 0.15) is 5.75 Å². The molecule has 0 fully saturated rings. The summed E-state index contributed by atoms with van der Waals surface area (Å²) in [5.41, 5.74) is 9.91. The standard InChI is InChI=1S/C14H20N4O/c1-9-5-16-13(10(2)14(9)19-4)8-18-7-12(6-17-18)11(3)15/h5-7,11H,8,15H2,1-4H3. The van der Waals surface area contributed by atoms with E-state index < -0.39 is 0 Å². The third-order valence-electron chi connectivity index (χ3n) is 3.24. The van der Waals surface area contributed by atoms with Crippen LogP contribution in [0.3, 0.4) is 0 Å². The van der Waals surface area contributed by atoms with Gasteiger partial charge in [0, 0.05) is 35.1 Å². The van der Waals surface area contributed by atoms with Gasteiger partial charge in [0.2, 0.25) is 0 Å². The van der Waals surface area contributed by atoms with Crippen LogP contribution in [0.5, 0.6) is 5.75 Å². The van der Waals surface area contributed by atoms with Crippen LogP contribution in [-0.2, 0) is 6.54 Å². The molecule has 0 bridgehead atoms. The molecular weight excluding hydrogens is 240 g/mol. The van der Waals surface area contributed by atoms with Crippen LogP contribution in [0.15, 0.2) is 18.6 Å². The van der Waals surface area contributed by atoms with Crippen molar-refractivity contribution in [2.24, 2.45) is 5.73 Å². The molecule has 0 aliphatic heterocycles. The summed E-state index contributed by atoms with van der Waals surface area (Å²) in [6, 6.07) is -0.00430. The number of rotatable bonds is 4. The molecule has 0 spiro atoms. The van der Waals surface area contributed by atoms with Crippen molar-refractivity contribution in [3.8, 4) is 5.75 Å². The van der Waals surface area contributed by atoms with E-state index in [1.165, 1.54) is 0 Å². The second kappa shape index (κ2) is 5.40. The quantitative estimate of drug-likeness (QED) is 0.912. The SMILES string of the molecule is COc1c(C)cnc(Cn2cc(C(C)N)cn2)c1C. The van der Waals surface area contributed by atoms with E-state index in [1.54, 1.807) is 13.3 Å². The average Bonchev–Trinajstić information content (AvgIpc) is 2.82. The fourth-order valence-corrected chi connectivity index (χ4v) is 2.09. The van der Waals surface area contributed by atoms with Crippen molar-refractivity contribution in [1.29, 1.82) is 0 Å². The number of hydrogen-bond acceptors (Lipinski definition) is 4. The highest BCUT2D eigenvalue weighted by molar-refractivity contribution is 5.41. The van der Waals surface area contributed by atoms with Gasteiger partial charge in [0.25, 0.3) is 0 Å². The van der Waals surface area contributed by atoms with Crippen LogP contribution in [0.1, 0.15) is 35.3 Å². The number of aryl methyl sites for hydroxylation is 1. The van der Waals surface area contributed by atoms with E-state index >= 15 is 0 Å². The van der Waals surface area contributed by atoms with Crippen molar-refractivity contribution in [3.63, 3.8) is 0 Å². The van der Waals surface area contributed by atoms with Gasteiger partial charge in [-0.05, 0) is 20.8 Å². The first-order valence-corrected chi connectivity index (χ1v) is 6.30. The summed E-state index contributed by atoms with van der Waals surface area (Å²) in [7, 11) is 1.68. The molecule has 1 atom stereocenters. The van der Waals surface area contributed by atoms with Gasteiger partial charge >= 0.3 is 0 Å². The molecule has 2 aromatic rings. The highest BCUT2D eigenvalue weighted by Crippen LogP contribution is 2.24. The molecule has 0 aromatic carbocycles. The topological polar surface area (TPSA) is 66.0 Å². The van der Waals surface area contributed by atoms with E-state index in [0.717, 1.165) is 28.1 Å². The number of methoxy groups -OCH3 is 1. The van der Waals surface area contributed by atoms with Crippen LogP contribution in [-0.4, -0.2) is 21.9 Å². The fourth-order valence-electron chi connectivity index (χ4n) is 2.09. The summed E-state index contributed by atoms with van der Waals surface area (Å²) in [6.07, 6.45) is 5.58. The summed E-state index contributed by atoms with van der Waals surface area (Å²) in [5.74, 6) is 0.893. The summed E-state index contributed by atoms with van der Waals surface area (Å²) < 4.78 is 7.26. The minimum atomic E-state index is -0.00430. The molecule has 5 heteroatoms. The molecule has 0 radical (unpaired) electrons. The number of nitrogens with zero attached hydrogens (tertiary/aromatic N) is 3. The Bertz CT molecular complexity index is 575.